The molecule has 0 aliphatic heterocycles. The number of nitrogens with zero attached hydrogens (tertiary/aromatic N) is 2. The van der Waals surface area contributed by atoms with Gasteiger partial charge in [0.2, 0.25) is 0 Å². The smallest absolute Gasteiger partial charge is 0.285 e. The molecule has 2 aromatic rings. The van der Waals surface area contributed by atoms with Crippen LogP contribution in [0, 0.1) is 10.1 Å². The molecule has 0 fully saturated rings. The van der Waals surface area contributed by atoms with Crippen LogP contribution >= 0.6 is 23.1 Å². The van der Waals surface area contributed by atoms with Crippen LogP contribution in [0.5, 0.6) is 5.75 Å². The summed E-state index contributed by atoms with van der Waals surface area (Å²) in [4.78, 5) is 28.3. The van der Waals surface area contributed by atoms with Crippen LogP contribution in [0.3, 0.4) is 0 Å². The van der Waals surface area contributed by atoms with Gasteiger partial charge in [0.15, 0.2) is 5.13 Å². The zero-order valence-corrected chi connectivity index (χ0v) is 16.0. The monoisotopic (exact) mass is 381 g/mol. The van der Waals surface area contributed by atoms with Crippen LogP contribution in [-0.4, -0.2) is 29.2 Å². The van der Waals surface area contributed by atoms with E-state index in [9.17, 15) is 14.9 Å². The van der Waals surface area contributed by atoms with E-state index in [0.717, 1.165) is 12.1 Å². The summed E-state index contributed by atoms with van der Waals surface area (Å²) in [5.74, 6) is 0.0964. The molecule has 1 aromatic heterocycles. The minimum atomic E-state index is -0.589. The van der Waals surface area contributed by atoms with Crippen molar-refractivity contribution in [2.45, 2.75) is 31.1 Å². The Morgan fingerprint density at radius 1 is 1.52 bits per heavy atom. The maximum absolute atomic E-state index is 12.6. The molecule has 2 rings (SSSR count). The Balaban J connectivity index is 2.34. The second-order valence-electron chi connectivity index (χ2n) is 5.32. The number of hydrogen-bond donors (Lipinski definition) is 1. The molecule has 25 heavy (non-hydrogen) atoms. The van der Waals surface area contributed by atoms with E-state index in [0.29, 0.717) is 21.7 Å². The Hall–Kier alpha value is -2.13. The van der Waals surface area contributed by atoms with E-state index in [4.69, 9.17) is 4.74 Å². The second kappa shape index (κ2) is 8.30. The van der Waals surface area contributed by atoms with E-state index in [1.807, 2.05) is 11.6 Å². The molecule has 134 valence electrons. The zero-order valence-electron chi connectivity index (χ0n) is 14.4. The number of thioether (sulfide) groups is 1. The minimum Gasteiger partial charge on any atom is -0.495 e. The Morgan fingerprint density at radius 2 is 2.24 bits per heavy atom. The van der Waals surface area contributed by atoms with E-state index in [-0.39, 0.29) is 11.3 Å². The quantitative estimate of drug-likeness (QED) is 0.430. The molecule has 7 nitrogen and oxygen atoms in total. The van der Waals surface area contributed by atoms with Crippen LogP contribution in [0.25, 0.3) is 0 Å². The summed E-state index contributed by atoms with van der Waals surface area (Å²) in [5.41, 5.74) is 0.582. The topological polar surface area (TPSA) is 94.4 Å². The van der Waals surface area contributed by atoms with Crippen molar-refractivity contribution in [2.24, 2.45) is 0 Å². The molecule has 1 unspecified atom stereocenters. The van der Waals surface area contributed by atoms with Gasteiger partial charge in [-0.3, -0.25) is 20.2 Å². The van der Waals surface area contributed by atoms with Crippen LogP contribution in [0.4, 0.5) is 10.8 Å². The van der Waals surface area contributed by atoms with Crippen molar-refractivity contribution in [2.75, 3.05) is 18.7 Å². The Labute approximate surface area is 154 Å². The van der Waals surface area contributed by atoms with E-state index < -0.39 is 10.8 Å². The summed E-state index contributed by atoms with van der Waals surface area (Å²) in [5, 5.41) is 16.3. The van der Waals surface area contributed by atoms with Crippen molar-refractivity contribution in [3.63, 3.8) is 0 Å². The van der Waals surface area contributed by atoms with Crippen LogP contribution in [0.2, 0.25) is 0 Å². The van der Waals surface area contributed by atoms with Crippen LogP contribution in [0.15, 0.2) is 22.4 Å². The van der Waals surface area contributed by atoms with Gasteiger partial charge in [0, 0.05) is 5.38 Å². The molecule has 0 radical (unpaired) electrons. The lowest BCUT2D eigenvalue weighted by Crippen LogP contribution is -2.14. The van der Waals surface area contributed by atoms with Crippen molar-refractivity contribution >= 4 is 39.8 Å². The number of nitrogens with one attached hydrogen (secondary N) is 1. The van der Waals surface area contributed by atoms with E-state index in [2.05, 4.69) is 24.1 Å². The van der Waals surface area contributed by atoms with Crippen molar-refractivity contribution < 1.29 is 14.5 Å². The Kier molecular flexibility index (Phi) is 6.38. The summed E-state index contributed by atoms with van der Waals surface area (Å²) in [7, 11) is 1.44. The summed E-state index contributed by atoms with van der Waals surface area (Å²) in [6.45, 7) is 4.12. The molecule has 0 spiro atoms. The lowest BCUT2D eigenvalue weighted by atomic mass is 10.1. The zero-order chi connectivity index (χ0) is 18.6. The molecule has 9 heteroatoms. The molecule has 0 saturated heterocycles. The highest BCUT2D eigenvalue weighted by atomic mass is 32.2. The number of carbonyl (C=O) groups excluding carboxylic acids is 1. The SMILES string of the molecule is CCC(C)c1csc(NC(=O)c2cc(SC)c(OC)cc2[N+](=O)[O-])n1. The molecule has 1 aromatic carbocycles. The van der Waals surface area contributed by atoms with Crippen molar-refractivity contribution in [1.29, 1.82) is 0 Å². The number of benzene rings is 1. The van der Waals surface area contributed by atoms with Gasteiger partial charge < -0.3 is 4.74 Å². The van der Waals surface area contributed by atoms with Gasteiger partial charge in [0.1, 0.15) is 11.3 Å². The molecular weight excluding hydrogens is 362 g/mol. The number of nitro groups is 1. The highest BCUT2D eigenvalue weighted by Crippen LogP contribution is 2.35. The molecule has 1 atom stereocenters. The fourth-order valence-corrected chi connectivity index (χ4v) is 3.55. The summed E-state index contributed by atoms with van der Waals surface area (Å²) >= 11 is 2.65. The average Bonchev–Trinajstić information content (AvgIpc) is 3.07. The van der Waals surface area contributed by atoms with Crippen LogP contribution in [0.1, 0.15) is 42.2 Å². The van der Waals surface area contributed by atoms with E-state index >= 15 is 0 Å². The van der Waals surface area contributed by atoms with Gasteiger partial charge in [-0.15, -0.1) is 23.1 Å². The first-order chi connectivity index (χ1) is 11.9. The van der Waals surface area contributed by atoms with Gasteiger partial charge in [-0.2, -0.15) is 0 Å². The molecule has 1 heterocycles. The number of aromatic nitrogens is 1. The average molecular weight is 381 g/mol. The second-order valence-corrected chi connectivity index (χ2v) is 7.03. The molecule has 0 aliphatic carbocycles. The predicted molar refractivity (Wildman–Crippen MR) is 100 cm³/mol. The Bertz CT molecular complexity index is 792. The third kappa shape index (κ3) is 4.29. The van der Waals surface area contributed by atoms with Crippen LogP contribution < -0.4 is 10.1 Å². The highest BCUT2D eigenvalue weighted by molar-refractivity contribution is 7.98. The Morgan fingerprint density at radius 3 is 2.80 bits per heavy atom. The fraction of sp³-hybridized carbons (Fsp3) is 0.375. The number of carbonyl (C=O) groups is 1. The molecule has 0 saturated carbocycles. The van der Waals surface area contributed by atoms with Crippen molar-refractivity contribution in [3.05, 3.63) is 38.9 Å². The highest BCUT2D eigenvalue weighted by Gasteiger charge is 2.24. The van der Waals surface area contributed by atoms with Crippen molar-refractivity contribution in [1.82, 2.24) is 4.98 Å². The first-order valence-electron chi connectivity index (χ1n) is 7.58. The number of nitro benzene ring substituents is 1. The number of methoxy groups -OCH3 is 1. The standard InChI is InChI=1S/C16H19N3O4S2/c1-5-9(2)11-8-25-16(17-11)18-15(20)10-6-14(24-4)13(23-3)7-12(10)19(21)22/h6-9H,5H2,1-4H3,(H,17,18,20). The summed E-state index contributed by atoms with van der Waals surface area (Å²) in [6, 6.07) is 2.74. The van der Waals surface area contributed by atoms with E-state index in [1.54, 1.807) is 0 Å². The van der Waals surface area contributed by atoms with Gasteiger partial charge in [0.25, 0.3) is 11.6 Å². The number of ether oxygens (including phenoxy) is 1. The first-order valence-corrected chi connectivity index (χ1v) is 9.68. The lowest BCUT2D eigenvalue weighted by molar-refractivity contribution is -0.385. The number of hydrogen-bond acceptors (Lipinski definition) is 7. The lowest BCUT2D eigenvalue weighted by Gasteiger charge is -2.09. The molecule has 0 aliphatic rings. The number of rotatable bonds is 7. The first kappa shape index (κ1) is 19.2. The normalized spacial score (nSPS) is 11.8. The third-order valence-corrected chi connectivity index (χ3v) is 5.34. The van der Waals surface area contributed by atoms with Gasteiger partial charge in [-0.05, 0) is 24.7 Å². The van der Waals surface area contributed by atoms with Gasteiger partial charge in [0.05, 0.1) is 28.7 Å². The summed E-state index contributed by atoms with van der Waals surface area (Å²) < 4.78 is 5.15. The maximum Gasteiger partial charge on any atom is 0.285 e. The van der Waals surface area contributed by atoms with E-state index in [1.165, 1.54) is 42.3 Å². The number of amides is 1. The predicted octanol–water partition coefficient (Wildman–Crippen LogP) is 4.55. The fourth-order valence-electron chi connectivity index (χ4n) is 2.14. The van der Waals surface area contributed by atoms with Gasteiger partial charge in [-0.1, -0.05) is 13.8 Å². The molecule has 0 bridgehead atoms. The van der Waals surface area contributed by atoms with Gasteiger partial charge in [-0.25, -0.2) is 4.98 Å². The van der Waals surface area contributed by atoms with Gasteiger partial charge >= 0.3 is 0 Å². The molecule has 1 amide bonds. The summed E-state index contributed by atoms with van der Waals surface area (Å²) in [6.07, 6.45) is 2.75. The molecule has 1 N–H and O–H groups in total. The molecular formula is C16H19N3O4S2. The maximum atomic E-state index is 12.6. The largest absolute Gasteiger partial charge is 0.495 e. The third-order valence-electron chi connectivity index (χ3n) is 3.80. The number of thiazole rings is 1. The minimum absolute atomic E-state index is 0.0181. The van der Waals surface area contributed by atoms with Crippen molar-refractivity contribution in [3.8, 4) is 5.75 Å². The van der Waals surface area contributed by atoms with Crippen LogP contribution in [-0.2, 0) is 0 Å². The number of anilines is 1.